The van der Waals surface area contributed by atoms with Gasteiger partial charge in [-0.15, -0.1) is 0 Å². The number of thioether (sulfide) groups is 1. The molecular weight excluding hydrogens is 274 g/mol. The molecule has 0 spiro atoms. The standard InChI is InChI=1S/C15H17NO3S/c1-3-8-16-14(17)13(20-15(16)18)10-11-6-5-7-12(9-11)19-4-2/h5-7,9-10H,3-4,8H2,1-2H3/b13-10-. The van der Waals surface area contributed by atoms with Gasteiger partial charge in [0.15, 0.2) is 0 Å². The summed E-state index contributed by atoms with van der Waals surface area (Å²) >= 11 is 0.994. The van der Waals surface area contributed by atoms with Crippen LogP contribution in [-0.2, 0) is 4.79 Å². The van der Waals surface area contributed by atoms with Gasteiger partial charge in [0.25, 0.3) is 11.1 Å². The Morgan fingerprint density at radius 2 is 2.10 bits per heavy atom. The molecule has 1 aliphatic rings. The van der Waals surface area contributed by atoms with Gasteiger partial charge in [-0.2, -0.15) is 0 Å². The monoisotopic (exact) mass is 291 g/mol. The minimum absolute atomic E-state index is 0.191. The van der Waals surface area contributed by atoms with Gasteiger partial charge in [-0.25, -0.2) is 0 Å². The van der Waals surface area contributed by atoms with Crippen LogP contribution in [-0.4, -0.2) is 29.2 Å². The maximum atomic E-state index is 12.1. The number of hydrogen-bond acceptors (Lipinski definition) is 4. The molecule has 0 unspecified atom stereocenters. The van der Waals surface area contributed by atoms with E-state index in [-0.39, 0.29) is 11.1 Å². The van der Waals surface area contributed by atoms with E-state index in [1.807, 2.05) is 38.1 Å². The molecule has 0 saturated carbocycles. The van der Waals surface area contributed by atoms with E-state index in [1.165, 1.54) is 4.90 Å². The van der Waals surface area contributed by atoms with Crippen LogP contribution in [0, 0.1) is 0 Å². The van der Waals surface area contributed by atoms with Crippen molar-refractivity contribution in [3.05, 3.63) is 34.7 Å². The molecule has 0 radical (unpaired) electrons. The summed E-state index contributed by atoms with van der Waals surface area (Å²) in [5.74, 6) is 0.553. The van der Waals surface area contributed by atoms with Crippen molar-refractivity contribution in [2.75, 3.05) is 13.2 Å². The van der Waals surface area contributed by atoms with Gasteiger partial charge in [-0.05, 0) is 48.9 Å². The van der Waals surface area contributed by atoms with E-state index in [9.17, 15) is 9.59 Å². The molecule has 1 heterocycles. The highest BCUT2D eigenvalue weighted by Gasteiger charge is 2.34. The van der Waals surface area contributed by atoms with E-state index < -0.39 is 0 Å². The second-order valence-corrected chi connectivity index (χ2v) is 5.33. The highest BCUT2D eigenvalue weighted by atomic mass is 32.2. The van der Waals surface area contributed by atoms with Crippen LogP contribution in [0.1, 0.15) is 25.8 Å². The maximum absolute atomic E-state index is 12.1. The zero-order valence-corrected chi connectivity index (χ0v) is 12.4. The number of imide groups is 1. The van der Waals surface area contributed by atoms with Crippen molar-refractivity contribution in [3.63, 3.8) is 0 Å². The zero-order valence-electron chi connectivity index (χ0n) is 11.6. The average molecular weight is 291 g/mol. The van der Waals surface area contributed by atoms with Crippen LogP contribution in [0.25, 0.3) is 6.08 Å². The van der Waals surface area contributed by atoms with Crippen molar-refractivity contribution in [1.29, 1.82) is 0 Å². The van der Waals surface area contributed by atoms with Crippen molar-refractivity contribution in [2.24, 2.45) is 0 Å². The highest BCUT2D eigenvalue weighted by Crippen LogP contribution is 2.32. The highest BCUT2D eigenvalue weighted by molar-refractivity contribution is 8.18. The largest absolute Gasteiger partial charge is 0.494 e. The molecule has 1 fully saturated rings. The van der Waals surface area contributed by atoms with Crippen LogP contribution < -0.4 is 4.74 Å². The lowest BCUT2D eigenvalue weighted by molar-refractivity contribution is -0.122. The maximum Gasteiger partial charge on any atom is 0.293 e. The molecule has 0 aliphatic carbocycles. The third kappa shape index (κ3) is 3.22. The molecule has 0 atom stereocenters. The quantitative estimate of drug-likeness (QED) is 0.779. The number of benzene rings is 1. The summed E-state index contributed by atoms with van der Waals surface area (Å²) in [5, 5.41) is -0.191. The average Bonchev–Trinajstić information content (AvgIpc) is 2.68. The van der Waals surface area contributed by atoms with Gasteiger partial charge in [0.2, 0.25) is 0 Å². The topological polar surface area (TPSA) is 46.6 Å². The van der Waals surface area contributed by atoms with Gasteiger partial charge in [0, 0.05) is 6.54 Å². The fraction of sp³-hybridized carbons (Fsp3) is 0.333. The van der Waals surface area contributed by atoms with E-state index in [0.717, 1.165) is 29.5 Å². The predicted molar refractivity (Wildman–Crippen MR) is 80.6 cm³/mol. The molecule has 1 aromatic rings. The van der Waals surface area contributed by atoms with E-state index >= 15 is 0 Å². The first-order chi connectivity index (χ1) is 9.65. The van der Waals surface area contributed by atoms with Gasteiger partial charge in [0.1, 0.15) is 5.75 Å². The Bertz CT molecular complexity index is 554. The Kier molecular flexibility index (Phi) is 4.84. The fourth-order valence-electron chi connectivity index (χ4n) is 1.93. The number of hydrogen-bond donors (Lipinski definition) is 0. The summed E-state index contributed by atoms with van der Waals surface area (Å²) in [5.41, 5.74) is 0.859. The molecule has 0 aromatic heterocycles. The van der Waals surface area contributed by atoms with Crippen molar-refractivity contribution >= 4 is 29.0 Å². The van der Waals surface area contributed by atoms with Crippen molar-refractivity contribution < 1.29 is 14.3 Å². The summed E-state index contributed by atoms with van der Waals surface area (Å²) < 4.78 is 5.42. The Labute approximate surface area is 122 Å². The predicted octanol–water partition coefficient (Wildman–Crippen LogP) is 3.53. The number of nitrogens with zero attached hydrogens (tertiary/aromatic N) is 1. The van der Waals surface area contributed by atoms with E-state index in [1.54, 1.807) is 6.08 Å². The molecule has 1 saturated heterocycles. The van der Waals surface area contributed by atoms with Crippen LogP contribution >= 0.6 is 11.8 Å². The Balaban J connectivity index is 2.21. The minimum Gasteiger partial charge on any atom is -0.494 e. The molecular formula is C15H17NO3S. The number of rotatable bonds is 5. The molecule has 106 valence electrons. The summed E-state index contributed by atoms with van der Waals surface area (Å²) in [6.07, 6.45) is 2.51. The van der Waals surface area contributed by atoms with E-state index in [2.05, 4.69) is 0 Å². The molecule has 0 bridgehead atoms. The first-order valence-electron chi connectivity index (χ1n) is 6.64. The summed E-state index contributed by atoms with van der Waals surface area (Å²) in [6, 6.07) is 7.48. The molecule has 2 amide bonds. The van der Waals surface area contributed by atoms with Crippen LogP contribution in [0.3, 0.4) is 0 Å². The molecule has 0 N–H and O–H groups in total. The Morgan fingerprint density at radius 1 is 1.30 bits per heavy atom. The fourth-order valence-corrected chi connectivity index (χ4v) is 2.79. The smallest absolute Gasteiger partial charge is 0.293 e. The molecule has 20 heavy (non-hydrogen) atoms. The van der Waals surface area contributed by atoms with E-state index in [4.69, 9.17) is 4.74 Å². The third-order valence-electron chi connectivity index (χ3n) is 2.79. The van der Waals surface area contributed by atoms with Crippen LogP contribution in [0.4, 0.5) is 4.79 Å². The normalized spacial score (nSPS) is 17.1. The van der Waals surface area contributed by atoms with Crippen LogP contribution in [0.5, 0.6) is 5.75 Å². The second kappa shape index (κ2) is 6.61. The number of ether oxygens (including phenoxy) is 1. The van der Waals surface area contributed by atoms with Gasteiger partial charge < -0.3 is 4.74 Å². The number of amides is 2. The lowest BCUT2D eigenvalue weighted by Gasteiger charge is -2.09. The molecule has 1 aromatic carbocycles. The summed E-state index contributed by atoms with van der Waals surface area (Å²) in [7, 11) is 0. The lowest BCUT2D eigenvalue weighted by Crippen LogP contribution is -2.28. The Hall–Kier alpha value is -1.75. The SMILES string of the molecule is CCCN1C(=O)S/C(=C\c2cccc(OCC)c2)C1=O. The van der Waals surface area contributed by atoms with Gasteiger partial charge >= 0.3 is 0 Å². The molecule has 2 rings (SSSR count). The van der Waals surface area contributed by atoms with Crippen molar-refractivity contribution in [1.82, 2.24) is 4.90 Å². The molecule has 1 aliphatic heterocycles. The van der Waals surface area contributed by atoms with Gasteiger partial charge in [-0.3, -0.25) is 14.5 Å². The molecule has 4 nitrogen and oxygen atoms in total. The minimum atomic E-state index is -0.205. The van der Waals surface area contributed by atoms with Crippen molar-refractivity contribution in [2.45, 2.75) is 20.3 Å². The van der Waals surface area contributed by atoms with Crippen molar-refractivity contribution in [3.8, 4) is 5.75 Å². The number of carbonyl (C=O) groups is 2. The van der Waals surface area contributed by atoms with Crippen LogP contribution in [0.2, 0.25) is 0 Å². The zero-order chi connectivity index (χ0) is 14.5. The first-order valence-corrected chi connectivity index (χ1v) is 7.45. The van der Waals surface area contributed by atoms with E-state index in [0.29, 0.717) is 18.1 Å². The van der Waals surface area contributed by atoms with Gasteiger partial charge in [-0.1, -0.05) is 19.1 Å². The number of carbonyl (C=O) groups excluding carboxylic acids is 2. The third-order valence-corrected chi connectivity index (χ3v) is 3.70. The summed E-state index contributed by atoms with van der Waals surface area (Å²) in [6.45, 7) is 4.93. The second-order valence-electron chi connectivity index (χ2n) is 4.34. The van der Waals surface area contributed by atoms with Crippen LogP contribution in [0.15, 0.2) is 29.2 Å². The summed E-state index contributed by atoms with van der Waals surface area (Å²) in [4.78, 5) is 25.6. The molecule has 5 heteroatoms. The van der Waals surface area contributed by atoms with Gasteiger partial charge in [0.05, 0.1) is 11.5 Å². The Morgan fingerprint density at radius 3 is 2.80 bits per heavy atom. The lowest BCUT2D eigenvalue weighted by atomic mass is 10.2. The first kappa shape index (κ1) is 14.7.